The van der Waals surface area contributed by atoms with E-state index < -0.39 is 11.4 Å². The first-order chi connectivity index (χ1) is 8.13. The number of hydrogen-bond acceptors (Lipinski definition) is 4. The second kappa shape index (κ2) is 4.34. The number of hydrogen-bond donors (Lipinski definition) is 0. The summed E-state index contributed by atoms with van der Waals surface area (Å²) in [6, 6.07) is 3.89. The second-order valence-electron chi connectivity index (χ2n) is 3.97. The third-order valence-corrected chi connectivity index (χ3v) is 3.11. The number of nitriles is 1. The van der Waals surface area contributed by atoms with E-state index in [9.17, 15) is 4.79 Å². The maximum atomic E-state index is 11.5. The van der Waals surface area contributed by atoms with Crippen molar-refractivity contribution in [3.05, 3.63) is 28.5 Å². The molecule has 0 unspecified atom stereocenters. The van der Waals surface area contributed by atoms with E-state index >= 15 is 0 Å². The molecule has 0 aromatic carbocycles. The Labute approximate surface area is 104 Å². The van der Waals surface area contributed by atoms with Crippen molar-refractivity contribution in [3.8, 4) is 6.07 Å². The lowest BCUT2D eigenvalue weighted by atomic mass is 10.00. The number of pyridine rings is 1. The molecule has 0 aliphatic heterocycles. The zero-order chi connectivity index (χ0) is 12.5. The molecule has 1 aromatic rings. The van der Waals surface area contributed by atoms with Crippen LogP contribution in [-0.4, -0.2) is 17.6 Å². The number of rotatable bonds is 3. The molecule has 0 amide bonds. The van der Waals surface area contributed by atoms with Crippen LogP contribution in [0.3, 0.4) is 0 Å². The van der Waals surface area contributed by atoms with Gasteiger partial charge < -0.3 is 4.74 Å². The van der Waals surface area contributed by atoms with Crippen LogP contribution in [0, 0.1) is 11.3 Å². The molecule has 1 aromatic heterocycles. The van der Waals surface area contributed by atoms with E-state index in [4.69, 9.17) is 21.6 Å². The molecule has 0 N–H and O–H groups in total. The highest BCUT2D eigenvalue weighted by Crippen LogP contribution is 2.47. The Hall–Kier alpha value is -1.60. The average molecular weight is 251 g/mol. The van der Waals surface area contributed by atoms with E-state index in [2.05, 4.69) is 11.1 Å². The van der Waals surface area contributed by atoms with Crippen LogP contribution in [-0.2, 0) is 10.2 Å². The standard InChI is InChI=1S/C12H11ClN2O2/c1-2-17-11(16)10-9(13)5-8(6-15-10)12(7-14)3-4-12/h5-6H,2-4H2,1H3. The van der Waals surface area contributed by atoms with E-state index in [0.29, 0.717) is 0 Å². The maximum absolute atomic E-state index is 11.5. The van der Waals surface area contributed by atoms with Crippen LogP contribution in [0.4, 0.5) is 0 Å². The Kier molecular flexibility index (Phi) is 3.03. The monoisotopic (exact) mass is 250 g/mol. The minimum absolute atomic E-state index is 0.103. The Bertz CT molecular complexity index is 504. The fraction of sp³-hybridized carbons (Fsp3) is 0.417. The molecular formula is C12H11ClN2O2. The SMILES string of the molecule is CCOC(=O)c1ncc(C2(C#N)CC2)cc1Cl. The molecule has 1 aliphatic rings. The van der Waals surface area contributed by atoms with Crippen LogP contribution in [0.15, 0.2) is 12.3 Å². The summed E-state index contributed by atoms with van der Waals surface area (Å²) in [6.07, 6.45) is 3.18. The molecule has 88 valence electrons. The third-order valence-electron chi connectivity index (χ3n) is 2.83. The smallest absolute Gasteiger partial charge is 0.358 e. The summed E-state index contributed by atoms with van der Waals surface area (Å²) in [7, 11) is 0. The van der Waals surface area contributed by atoms with Gasteiger partial charge in [-0.05, 0) is 31.4 Å². The molecule has 1 fully saturated rings. The van der Waals surface area contributed by atoms with Crippen molar-refractivity contribution in [2.45, 2.75) is 25.2 Å². The van der Waals surface area contributed by atoms with Crippen molar-refractivity contribution in [1.82, 2.24) is 4.98 Å². The van der Waals surface area contributed by atoms with Crippen LogP contribution in [0.25, 0.3) is 0 Å². The van der Waals surface area contributed by atoms with E-state index in [1.54, 1.807) is 13.0 Å². The number of nitrogens with zero attached hydrogens (tertiary/aromatic N) is 2. The fourth-order valence-electron chi connectivity index (χ4n) is 1.64. The van der Waals surface area contributed by atoms with Gasteiger partial charge in [0.2, 0.25) is 0 Å². The Morgan fingerprint density at radius 3 is 2.88 bits per heavy atom. The molecule has 5 heteroatoms. The van der Waals surface area contributed by atoms with Crippen molar-refractivity contribution in [2.75, 3.05) is 6.61 Å². The fourth-order valence-corrected chi connectivity index (χ4v) is 1.88. The molecule has 0 spiro atoms. The van der Waals surface area contributed by atoms with E-state index in [1.807, 2.05) is 0 Å². The largest absolute Gasteiger partial charge is 0.461 e. The van der Waals surface area contributed by atoms with Gasteiger partial charge in [-0.3, -0.25) is 0 Å². The summed E-state index contributed by atoms with van der Waals surface area (Å²) in [6.45, 7) is 2.00. The molecule has 1 saturated carbocycles. The van der Waals surface area contributed by atoms with Crippen molar-refractivity contribution < 1.29 is 9.53 Å². The van der Waals surface area contributed by atoms with Crippen molar-refractivity contribution in [2.24, 2.45) is 0 Å². The van der Waals surface area contributed by atoms with Gasteiger partial charge >= 0.3 is 5.97 Å². The normalized spacial score (nSPS) is 16.1. The first-order valence-corrected chi connectivity index (χ1v) is 5.75. The lowest BCUT2D eigenvalue weighted by Crippen LogP contribution is -2.10. The highest BCUT2D eigenvalue weighted by atomic mass is 35.5. The summed E-state index contributed by atoms with van der Waals surface area (Å²) >= 11 is 5.98. The molecule has 0 saturated heterocycles. The molecule has 1 heterocycles. The molecule has 0 atom stereocenters. The van der Waals surface area contributed by atoms with Gasteiger partial charge in [0.15, 0.2) is 5.69 Å². The van der Waals surface area contributed by atoms with E-state index in [-0.39, 0.29) is 17.3 Å². The summed E-state index contributed by atoms with van der Waals surface area (Å²) < 4.78 is 4.83. The molecule has 17 heavy (non-hydrogen) atoms. The minimum atomic E-state index is -0.536. The lowest BCUT2D eigenvalue weighted by Gasteiger charge is -2.08. The van der Waals surface area contributed by atoms with Gasteiger partial charge in [-0.25, -0.2) is 9.78 Å². The lowest BCUT2D eigenvalue weighted by molar-refractivity contribution is 0.0519. The van der Waals surface area contributed by atoms with Gasteiger partial charge in [-0.2, -0.15) is 5.26 Å². The van der Waals surface area contributed by atoms with Crippen LogP contribution < -0.4 is 0 Å². The Balaban J connectivity index is 2.30. The average Bonchev–Trinajstić information content (AvgIpc) is 3.10. The van der Waals surface area contributed by atoms with Crippen molar-refractivity contribution >= 4 is 17.6 Å². The second-order valence-corrected chi connectivity index (χ2v) is 4.38. The zero-order valence-electron chi connectivity index (χ0n) is 9.36. The minimum Gasteiger partial charge on any atom is -0.461 e. The van der Waals surface area contributed by atoms with E-state index in [0.717, 1.165) is 18.4 Å². The highest BCUT2D eigenvalue weighted by Gasteiger charge is 2.45. The van der Waals surface area contributed by atoms with Gasteiger partial charge in [-0.1, -0.05) is 11.6 Å². The quantitative estimate of drug-likeness (QED) is 0.773. The predicted octanol–water partition coefficient (Wildman–Crippen LogP) is 2.47. The summed E-state index contributed by atoms with van der Waals surface area (Å²) in [4.78, 5) is 15.5. The number of carbonyl (C=O) groups is 1. The zero-order valence-corrected chi connectivity index (χ0v) is 10.1. The topological polar surface area (TPSA) is 63.0 Å². The summed E-state index contributed by atoms with van der Waals surface area (Å²) in [5, 5.41) is 9.29. The maximum Gasteiger partial charge on any atom is 0.358 e. The molecule has 4 nitrogen and oxygen atoms in total. The van der Waals surface area contributed by atoms with E-state index in [1.165, 1.54) is 6.20 Å². The van der Waals surface area contributed by atoms with Crippen LogP contribution >= 0.6 is 11.6 Å². The Morgan fingerprint density at radius 2 is 2.41 bits per heavy atom. The molecule has 1 aliphatic carbocycles. The number of aromatic nitrogens is 1. The predicted molar refractivity (Wildman–Crippen MR) is 61.7 cm³/mol. The number of esters is 1. The molecular weight excluding hydrogens is 240 g/mol. The molecule has 0 bridgehead atoms. The van der Waals surface area contributed by atoms with Crippen molar-refractivity contribution in [3.63, 3.8) is 0 Å². The number of ether oxygens (including phenoxy) is 1. The van der Waals surface area contributed by atoms with Gasteiger partial charge in [0.1, 0.15) is 0 Å². The van der Waals surface area contributed by atoms with Gasteiger partial charge in [0, 0.05) is 6.20 Å². The first kappa shape index (κ1) is 11.9. The van der Waals surface area contributed by atoms with Crippen LogP contribution in [0.2, 0.25) is 5.02 Å². The van der Waals surface area contributed by atoms with Gasteiger partial charge in [0.05, 0.1) is 23.1 Å². The van der Waals surface area contributed by atoms with Crippen LogP contribution in [0.1, 0.15) is 35.8 Å². The molecule has 2 rings (SSSR count). The van der Waals surface area contributed by atoms with Gasteiger partial charge in [-0.15, -0.1) is 0 Å². The number of carbonyl (C=O) groups excluding carboxylic acids is 1. The van der Waals surface area contributed by atoms with Crippen LogP contribution in [0.5, 0.6) is 0 Å². The summed E-state index contributed by atoms with van der Waals surface area (Å²) in [5.41, 5.74) is 0.438. The third kappa shape index (κ3) is 2.11. The van der Waals surface area contributed by atoms with Crippen molar-refractivity contribution in [1.29, 1.82) is 5.26 Å². The van der Waals surface area contributed by atoms with Gasteiger partial charge in [0.25, 0.3) is 0 Å². The first-order valence-electron chi connectivity index (χ1n) is 5.37. The Morgan fingerprint density at radius 1 is 1.71 bits per heavy atom. The highest BCUT2D eigenvalue weighted by molar-refractivity contribution is 6.33. The number of halogens is 1. The summed E-state index contributed by atoms with van der Waals surface area (Å²) in [5.74, 6) is -0.536. The molecule has 0 radical (unpaired) electrons.